The number of alkyl halides is 1. The first-order chi connectivity index (χ1) is 14.0. The van der Waals surface area contributed by atoms with Crippen molar-refractivity contribution in [3.05, 3.63) is 62.1 Å². The smallest absolute Gasteiger partial charge is 0.338 e. The zero-order valence-corrected chi connectivity index (χ0v) is 18.8. The third-order valence-corrected chi connectivity index (χ3v) is 6.46. The molecule has 0 aliphatic heterocycles. The second-order valence-electron chi connectivity index (χ2n) is 5.89. The van der Waals surface area contributed by atoms with Crippen molar-refractivity contribution in [1.82, 2.24) is 0 Å². The van der Waals surface area contributed by atoms with Gasteiger partial charge in [0.1, 0.15) is 23.8 Å². The van der Waals surface area contributed by atoms with E-state index in [0.717, 1.165) is 12.1 Å². The summed E-state index contributed by atoms with van der Waals surface area (Å²) in [4.78, 5) is 11.6. The van der Waals surface area contributed by atoms with Crippen LogP contribution in [0.2, 0.25) is 20.1 Å². The number of halogens is 5. The van der Waals surface area contributed by atoms with E-state index < -0.39 is 46.3 Å². The minimum absolute atomic E-state index is 0.0293. The van der Waals surface area contributed by atoms with Crippen molar-refractivity contribution in [2.24, 2.45) is 0 Å². The van der Waals surface area contributed by atoms with E-state index in [4.69, 9.17) is 60.7 Å². The van der Waals surface area contributed by atoms with Crippen LogP contribution in [0.5, 0.6) is 0 Å². The summed E-state index contributed by atoms with van der Waals surface area (Å²) in [6.45, 7) is -0.603. The van der Waals surface area contributed by atoms with Gasteiger partial charge in [-0.15, -0.1) is 0 Å². The van der Waals surface area contributed by atoms with Gasteiger partial charge in [0, 0.05) is 17.7 Å². The molecule has 0 heterocycles. The molecule has 2 aromatic rings. The standard InChI is InChI=1S/C18H14Cl4FNO5S/c19-11-3-1-10(2-4-11)18(25)28-9-13(5-12(23)8-24)29-30(26,27)17-7-15(21)14(20)6-16(17)22/h1-4,6-8,12-13,24H,5,9H2/t12-,13-/m0/s1. The van der Waals surface area contributed by atoms with E-state index in [1.165, 1.54) is 24.3 Å². The molecule has 12 heteroatoms. The molecule has 0 unspecified atom stereocenters. The number of carbonyl (C=O) groups excluding carboxylic acids is 1. The van der Waals surface area contributed by atoms with Gasteiger partial charge in [-0.05, 0) is 36.4 Å². The van der Waals surface area contributed by atoms with Gasteiger partial charge in [-0.3, -0.25) is 4.18 Å². The highest BCUT2D eigenvalue weighted by atomic mass is 35.5. The highest BCUT2D eigenvalue weighted by Gasteiger charge is 2.28. The summed E-state index contributed by atoms with van der Waals surface area (Å²) in [5, 5.41) is 7.07. The molecule has 6 nitrogen and oxygen atoms in total. The second kappa shape index (κ2) is 10.7. The van der Waals surface area contributed by atoms with Crippen LogP contribution in [0.15, 0.2) is 41.3 Å². The van der Waals surface area contributed by atoms with E-state index in [9.17, 15) is 17.6 Å². The van der Waals surface area contributed by atoms with Crippen molar-refractivity contribution in [2.75, 3.05) is 6.61 Å². The molecule has 1 N–H and O–H groups in total. The summed E-state index contributed by atoms with van der Waals surface area (Å²) in [7, 11) is -4.53. The van der Waals surface area contributed by atoms with Gasteiger partial charge in [0.2, 0.25) is 0 Å². The average molecular weight is 517 g/mol. The van der Waals surface area contributed by atoms with Crippen molar-refractivity contribution >= 4 is 68.7 Å². The Morgan fingerprint density at radius 1 is 1.07 bits per heavy atom. The normalized spacial score (nSPS) is 13.5. The van der Waals surface area contributed by atoms with Crippen molar-refractivity contribution in [2.45, 2.75) is 23.6 Å². The molecule has 2 atom stereocenters. The molecular formula is C18H14Cl4FNO5S. The number of hydrogen-bond acceptors (Lipinski definition) is 6. The number of ether oxygens (including phenoxy) is 1. The molecule has 2 aromatic carbocycles. The van der Waals surface area contributed by atoms with Gasteiger partial charge in [0.15, 0.2) is 0 Å². The van der Waals surface area contributed by atoms with Crippen LogP contribution in [-0.2, 0) is 19.0 Å². The number of benzene rings is 2. The summed E-state index contributed by atoms with van der Waals surface area (Å²) in [5.74, 6) is -0.796. The Balaban J connectivity index is 2.19. The molecule has 0 saturated carbocycles. The van der Waals surface area contributed by atoms with Crippen LogP contribution in [0.25, 0.3) is 0 Å². The topological polar surface area (TPSA) is 93.5 Å². The van der Waals surface area contributed by atoms with E-state index in [1.807, 2.05) is 0 Å². The highest BCUT2D eigenvalue weighted by molar-refractivity contribution is 7.87. The predicted molar refractivity (Wildman–Crippen MR) is 114 cm³/mol. The average Bonchev–Trinajstić information content (AvgIpc) is 2.68. The van der Waals surface area contributed by atoms with Crippen LogP contribution in [0, 0.1) is 5.41 Å². The summed E-state index contributed by atoms with van der Waals surface area (Å²) < 4.78 is 49.0. The Kier molecular flexibility index (Phi) is 8.90. The fourth-order valence-corrected chi connectivity index (χ4v) is 4.40. The molecule has 0 aromatic heterocycles. The van der Waals surface area contributed by atoms with E-state index >= 15 is 0 Å². The van der Waals surface area contributed by atoms with Crippen LogP contribution in [-0.4, -0.2) is 39.5 Å². The van der Waals surface area contributed by atoms with E-state index in [2.05, 4.69) is 0 Å². The Hall–Kier alpha value is -1.42. The molecule has 0 spiro atoms. The molecule has 162 valence electrons. The molecule has 0 saturated heterocycles. The lowest BCUT2D eigenvalue weighted by Crippen LogP contribution is -2.29. The molecule has 30 heavy (non-hydrogen) atoms. The second-order valence-corrected chi connectivity index (χ2v) is 9.09. The van der Waals surface area contributed by atoms with Crippen LogP contribution in [0.1, 0.15) is 16.8 Å². The SMILES string of the molecule is N=C[C@@H](F)C[C@@H](COC(=O)c1ccc(Cl)cc1)OS(=O)(=O)c1cc(Cl)c(Cl)cc1Cl. The first kappa shape index (κ1) is 24.8. The van der Waals surface area contributed by atoms with Gasteiger partial charge in [-0.1, -0.05) is 46.4 Å². The molecule has 0 bridgehead atoms. The monoisotopic (exact) mass is 515 g/mol. The molecule has 0 amide bonds. The fraction of sp³-hybridized carbons (Fsp3) is 0.222. The van der Waals surface area contributed by atoms with Crippen LogP contribution < -0.4 is 0 Å². The number of esters is 1. The molecule has 0 aliphatic carbocycles. The lowest BCUT2D eigenvalue weighted by molar-refractivity contribution is 0.0283. The zero-order chi connectivity index (χ0) is 22.5. The summed E-state index contributed by atoms with van der Waals surface area (Å²) >= 11 is 23.3. The lowest BCUT2D eigenvalue weighted by Gasteiger charge is -2.19. The quantitative estimate of drug-likeness (QED) is 0.202. The number of carbonyl (C=O) groups is 1. The van der Waals surface area contributed by atoms with Crippen LogP contribution >= 0.6 is 46.4 Å². The number of hydrogen-bond donors (Lipinski definition) is 1. The van der Waals surface area contributed by atoms with Crippen molar-refractivity contribution in [1.29, 1.82) is 5.41 Å². The Morgan fingerprint density at radius 2 is 1.67 bits per heavy atom. The minimum atomic E-state index is -4.53. The third kappa shape index (κ3) is 6.80. The molecular weight excluding hydrogens is 503 g/mol. The molecule has 0 radical (unpaired) electrons. The van der Waals surface area contributed by atoms with E-state index in [1.54, 1.807) is 0 Å². The first-order valence-corrected chi connectivity index (χ1v) is 11.1. The van der Waals surface area contributed by atoms with Gasteiger partial charge in [-0.2, -0.15) is 8.42 Å². The molecule has 0 fully saturated rings. The maximum Gasteiger partial charge on any atom is 0.338 e. The van der Waals surface area contributed by atoms with Gasteiger partial charge in [0.05, 0.1) is 20.6 Å². The van der Waals surface area contributed by atoms with E-state index in [0.29, 0.717) is 11.2 Å². The maximum absolute atomic E-state index is 13.7. The third-order valence-electron chi connectivity index (χ3n) is 3.66. The Bertz CT molecular complexity index is 1030. The minimum Gasteiger partial charge on any atom is -0.459 e. The summed E-state index contributed by atoms with van der Waals surface area (Å²) in [6, 6.07) is 7.85. The van der Waals surface area contributed by atoms with Crippen LogP contribution in [0.3, 0.4) is 0 Å². The van der Waals surface area contributed by atoms with Crippen molar-refractivity contribution in [3.63, 3.8) is 0 Å². The lowest BCUT2D eigenvalue weighted by atomic mass is 10.2. The number of nitrogens with one attached hydrogen (secondary N) is 1. The molecule has 0 aliphatic rings. The van der Waals surface area contributed by atoms with Crippen molar-refractivity contribution < 1.29 is 26.5 Å². The summed E-state index contributed by atoms with van der Waals surface area (Å²) in [5.41, 5.74) is 0.150. The fourth-order valence-electron chi connectivity index (χ4n) is 2.22. The van der Waals surface area contributed by atoms with Crippen LogP contribution in [0.4, 0.5) is 4.39 Å². The highest BCUT2D eigenvalue weighted by Crippen LogP contribution is 2.33. The van der Waals surface area contributed by atoms with Gasteiger partial charge in [0.25, 0.3) is 10.1 Å². The van der Waals surface area contributed by atoms with Gasteiger partial charge in [-0.25, -0.2) is 9.18 Å². The Morgan fingerprint density at radius 3 is 2.27 bits per heavy atom. The maximum atomic E-state index is 13.7. The zero-order valence-electron chi connectivity index (χ0n) is 14.9. The number of rotatable bonds is 9. The first-order valence-electron chi connectivity index (χ1n) is 8.18. The van der Waals surface area contributed by atoms with Crippen molar-refractivity contribution in [3.8, 4) is 0 Å². The van der Waals surface area contributed by atoms with Gasteiger partial charge >= 0.3 is 5.97 Å². The largest absolute Gasteiger partial charge is 0.459 e. The van der Waals surface area contributed by atoms with Gasteiger partial charge < -0.3 is 10.1 Å². The summed E-state index contributed by atoms with van der Waals surface area (Å²) in [6.07, 6.45) is -3.36. The Labute approximate surface area is 192 Å². The molecule has 2 rings (SSSR count). The van der Waals surface area contributed by atoms with E-state index in [-0.39, 0.29) is 20.6 Å². The predicted octanol–water partition coefficient (Wildman–Crippen LogP) is 5.61.